The Morgan fingerprint density at radius 1 is 1.04 bits per heavy atom. The van der Waals surface area contributed by atoms with E-state index in [2.05, 4.69) is 38.8 Å². The van der Waals surface area contributed by atoms with E-state index in [1.807, 2.05) is 18.3 Å². The molecule has 3 rings (SSSR count). The highest BCUT2D eigenvalue weighted by Gasteiger charge is 2.18. The number of aryl methyl sites for hydroxylation is 1. The van der Waals surface area contributed by atoms with Crippen molar-refractivity contribution in [2.24, 2.45) is 0 Å². The maximum absolute atomic E-state index is 9.47. The summed E-state index contributed by atoms with van der Waals surface area (Å²) in [4.78, 5) is 12.9. The normalized spacial score (nSPS) is 16.4. The third-order valence-corrected chi connectivity index (χ3v) is 4.99. The Balaban J connectivity index is 1.46. The standard InChI is InChI=1S/C20H30N4O/c1-2-3-8-20-21-13-19(22-20)15-24-11-9-23(10-12-24)14-17-6-4-5-7-18(17)16-25/h4-7,13,25H,2-3,8-12,14-16H2,1H3,(H,21,22). The molecule has 136 valence electrons. The summed E-state index contributed by atoms with van der Waals surface area (Å²) in [6, 6.07) is 8.19. The lowest BCUT2D eigenvalue weighted by Crippen LogP contribution is -2.45. The van der Waals surface area contributed by atoms with Crippen molar-refractivity contribution in [1.29, 1.82) is 0 Å². The lowest BCUT2D eigenvalue weighted by Gasteiger charge is -2.34. The fraction of sp³-hybridized carbons (Fsp3) is 0.550. The second kappa shape index (κ2) is 9.13. The van der Waals surface area contributed by atoms with Gasteiger partial charge in [0.2, 0.25) is 0 Å². The number of nitrogens with zero attached hydrogens (tertiary/aromatic N) is 3. The number of hydrogen-bond donors (Lipinski definition) is 2. The SMILES string of the molecule is CCCCc1ncc(CN2CCN(Cc3ccccc3CO)CC2)[nH]1. The van der Waals surface area contributed by atoms with Crippen LogP contribution in [0, 0.1) is 0 Å². The number of imidazole rings is 1. The smallest absolute Gasteiger partial charge is 0.106 e. The number of rotatable bonds is 8. The second-order valence-corrected chi connectivity index (χ2v) is 6.94. The minimum atomic E-state index is 0.121. The van der Waals surface area contributed by atoms with Crippen LogP contribution in [0.1, 0.15) is 42.4 Å². The second-order valence-electron chi connectivity index (χ2n) is 6.94. The van der Waals surface area contributed by atoms with Crippen molar-refractivity contribution >= 4 is 0 Å². The van der Waals surface area contributed by atoms with E-state index in [-0.39, 0.29) is 6.61 Å². The van der Waals surface area contributed by atoms with Crippen LogP contribution in [-0.2, 0) is 26.1 Å². The molecule has 0 aliphatic carbocycles. The predicted octanol–water partition coefficient (Wildman–Crippen LogP) is 2.56. The summed E-state index contributed by atoms with van der Waals surface area (Å²) < 4.78 is 0. The van der Waals surface area contributed by atoms with Crippen molar-refractivity contribution in [2.75, 3.05) is 26.2 Å². The van der Waals surface area contributed by atoms with Crippen molar-refractivity contribution < 1.29 is 5.11 Å². The molecule has 1 saturated heterocycles. The number of piperazine rings is 1. The summed E-state index contributed by atoms with van der Waals surface area (Å²) in [6.07, 6.45) is 5.45. The van der Waals surface area contributed by atoms with Crippen LogP contribution in [0.25, 0.3) is 0 Å². The zero-order valence-electron chi connectivity index (χ0n) is 15.2. The minimum Gasteiger partial charge on any atom is -0.392 e. The lowest BCUT2D eigenvalue weighted by atomic mass is 10.1. The molecule has 1 fully saturated rings. The number of hydrogen-bond acceptors (Lipinski definition) is 4. The van der Waals surface area contributed by atoms with Gasteiger partial charge in [-0.15, -0.1) is 0 Å². The molecule has 1 aromatic heterocycles. The molecular weight excluding hydrogens is 312 g/mol. The van der Waals surface area contributed by atoms with E-state index >= 15 is 0 Å². The Morgan fingerprint density at radius 2 is 1.72 bits per heavy atom. The summed E-state index contributed by atoms with van der Waals surface area (Å²) >= 11 is 0. The van der Waals surface area contributed by atoms with Crippen molar-refractivity contribution in [3.05, 3.63) is 53.1 Å². The summed E-state index contributed by atoms with van der Waals surface area (Å²) in [7, 11) is 0. The van der Waals surface area contributed by atoms with E-state index in [4.69, 9.17) is 0 Å². The van der Waals surface area contributed by atoms with Gasteiger partial charge in [-0.1, -0.05) is 37.6 Å². The van der Waals surface area contributed by atoms with Gasteiger partial charge in [0.05, 0.1) is 6.61 Å². The van der Waals surface area contributed by atoms with E-state index in [0.717, 1.165) is 57.1 Å². The van der Waals surface area contributed by atoms with Crippen molar-refractivity contribution in [2.45, 2.75) is 45.9 Å². The summed E-state index contributed by atoms with van der Waals surface area (Å²) in [6.45, 7) is 8.50. The molecule has 0 unspecified atom stereocenters. The van der Waals surface area contributed by atoms with Crippen molar-refractivity contribution in [3.8, 4) is 0 Å². The van der Waals surface area contributed by atoms with Gasteiger partial charge in [-0.2, -0.15) is 0 Å². The lowest BCUT2D eigenvalue weighted by molar-refractivity contribution is 0.120. The number of aliphatic hydroxyl groups is 1. The molecule has 0 bridgehead atoms. The van der Waals surface area contributed by atoms with Crippen LogP contribution in [-0.4, -0.2) is 51.1 Å². The third-order valence-electron chi connectivity index (χ3n) is 4.99. The quantitative estimate of drug-likeness (QED) is 0.774. The molecule has 2 heterocycles. The fourth-order valence-electron chi connectivity index (χ4n) is 3.41. The first kappa shape index (κ1) is 18.1. The van der Waals surface area contributed by atoms with Gasteiger partial charge < -0.3 is 10.1 Å². The molecule has 0 atom stereocenters. The Morgan fingerprint density at radius 3 is 2.40 bits per heavy atom. The molecule has 1 aromatic carbocycles. The predicted molar refractivity (Wildman–Crippen MR) is 100 cm³/mol. The first-order chi connectivity index (χ1) is 12.3. The van der Waals surface area contributed by atoms with E-state index < -0.39 is 0 Å². The molecule has 0 amide bonds. The first-order valence-electron chi connectivity index (χ1n) is 9.43. The van der Waals surface area contributed by atoms with Gasteiger partial charge in [-0.05, 0) is 17.5 Å². The van der Waals surface area contributed by atoms with Gasteiger partial charge in [0, 0.05) is 57.6 Å². The maximum Gasteiger partial charge on any atom is 0.106 e. The number of nitrogens with one attached hydrogen (secondary N) is 1. The molecule has 0 radical (unpaired) electrons. The molecule has 5 nitrogen and oxygen atoms in total. The number of benzene rings is 1. The van der Waals surface area contributed by atoms with Crippen LogP contribution in [0.4, 0.5) is 0 Å². The highest BCUT2D eigenvalue weighted by Crippen LogP contribution is 2.14. The molecule has 2 aromatic rings. The van der Waals surface area contributed by atoms with Crippen LogP contribution in [0.2, 0.25) is 0 Å². The Kier molecular flexibility index (Phi) is 6.62. The molecule has 1 aliphatic rings. The zero-order valence-corrected chi connectivity index (χ0v) is 15.2. The van der Waals surface area contributed by atoms with Crippen LogP contribution in [0.5, 0.6) is 0 Å². The van der Waals surface area contributed by atoms with Crippen LogP contribution < -0.4 is 0 Å². The Hall–Kier alpha value is -1.69. The minimum absolute atomic E-state index is 0.121. The van der Waals surface area contributed by atoms with Crippen LogP contribution >= 0.6 is 0 Å². The monoisotopic (exact) mass is 342 g/mol. The highest BCUT2D eigenvalue weighted by molar-refractivity contribution is 5.26. The van der Waals surface area contributed by atoms with E-state index in [0.29, 0.717) is 0 Å². The Labute approximate surface area is 150 Å². The van der Waals surface area contributed by atoms with E-state index in [1.165, 1.54) is 24.1 Å². The van der Waals surface area contributed by atoms with Gasteiger partial charge in [-0.25, -0.2) is 4.98 Å². The van der Waals surface area contributed by atoms with E-state index in [9.17, 15) is 5.11 Å². The molecule has 0 spiro atoms. The van der Waals surface area contributed by atoms with Crippen molar-refractivity contribution in [1.82, 2.24) is 19.8 Å². The van der Waals surface area contributed by atoms with Gasteiger partial charge in [0.15, 0.2) is 0 Å². The molecule has 5 heteroatoms. The topological polar surface area (TPSA) is 55.4 Å². The number of aromatic nitrogens is 2. The number of aliphatic hydroxyl groups excluding tert-OH is 1. The third kappa shape index (κ3) is 5.14. The van der Waals surface area contributed by atoms with Gasteiger partial charge in [-0.3, -0.25) is 9.80 Å². The number of H-pyrrole nitrogens is 1. The molecule has 1 aliphatic heterocycles. The van der Waals surface area contributed by atoms with Gasteiger partial charge >= 0.3 is 0 Å². The summed E-state index contributed by atoms with van der Waals surface area (Å²) in [5.41, 5.74) is 3.51. The first-order valence-corrected chi connectivity index (χ1v) is 9.43. The average molecular weight is 342 g/mol. The maximum atomic E-state index is 9.47. The molecule has 2 N–H and O–H groups in total. The average Bonchev–Trinajstić information content (AvgIpc) is 3.09. The largest absolute Gasteiger partial charge is 0.392 e. The van der Waals surface area contributed by atoms with Crippen molar-refractivity contribution in [3.63, 3.8) is 0 Å². The number of unbranched alkanes of at least 4 members (excludes halogenated alkanes) is 1. The summed E-state index contributed by atoms with van der Waals surface area (Å²) in [5, 5.41) is 9.47. The van der Waals surface area contributed by atoms with E-state index in [1.54, 1.807) is 0 Å². The molecule has 25 heavy (non-hydrogen) atoms. The Bertz CT molecular complexity index is 647. The molecular formula is C20H30N4O. The van der Waals surface area contributed by atoms with Crippen LogP contribution in [0.3, 0.4) is 0 Å². The van der Waals surface area contributed by atoms with Gasteiger partial charge in [0.25, 0.3) is 0 Å². The fourth-order valence-corrected chi connectivity index (χ4v) is 3.41. The highest BCUT2D eigenvalue weighted by atomic mass is 16.3. The van der Waals surface area contributed by atoms with Crippen LogP contribution in [0.15, 0.2) is 30.5 Å². The zero-order chi connectivity index (χ0) is 17.5. The molecule has 0 saturated carbocycles. The summed E-state index contributed by atoms with van der Waals surface area (Å²) in [5.74, 6) is 1.12. The number of aromatic amines is 1. The van der Waals surface area contributed by atoms with Gasteiger partial charge in [0.1, 0.15) is 5.82 Å².